The highest BCUT2D eigenvalue weighted by molar-refractivity contribution is 5.94. The number of unbranched alkanes of at least 4 members (excludes halogenated alkanes) is 13. The fourth-order valence-electron chi connectivity index (χ4n) is 6.08. The molecular formula is C42H66O5. The zero-order valence-electron chi connectivity index (χ0n) is 30.6. The van der Waals surface area contributed by atoms with Crippen molar-refractivity contribution in [2.45, 2.75) is 176 Å². The highest BCUT2D eigenvalue weighted by Gasteiger charge is 2.30. The second-order valence-corrected chi connectivity index (χ2v) is 13.9. The molecule has 0 radical (unpaired) electrons. The van der Waals surface area contributed by atoms with E-state index >= 15 is 0 Å². The highest BCUT2D eigenvalue weighted by atomic mass is 16.6. The average molecular weight is 651 g/mol. The average Bonchev–Trinajstić information content (AvgIpc) is 3.65. The number of esters is 2. The molecule has 5 heteroatoms. The second kappa shape index (κ2) is 25.2. The fraction of sp³-hybridized carbons (Fsp3) is 0.667. The Bertz CT molecular complexity index is 1130. The first-order chi connectivity index (χ1) is 22.8. The molecule has 0 unspecified atom stereocenters. The van der Waals surface area contributed by atoms with Crippen LogP contribution in [-0.2, 0) is 25.5 Å². The third-order valence-corrected chi connectivity index (χ3v) is 9.23. The third kappa shape index (κ3) is 18.9. The number of hydrogen-bond acceptors (Lipinski definition) is 5. The Hall–Kier alpha value is -2.82. The Balaban J connectivity index is 1.59. The van der Waals surface area contributed by atoms with Crippen LogP contribution in [0.3, 0.4) is 0 Å². The molecule has 1 aliphatic heterocycles. The van der Waals surface area contributed by atoms with Gasteiger partial charge >= 0.3 is 11.9 Å². The molecule has 0 N–H and O–H groups in total. The quantitative estimate of drug-likeness (QED) is 0.0538. The van der Waals surface area contributed by atoms with E-state index in [9.17, 15) is 9.59 Å². The van der Waals surface area contributed by atoms with E-state index in [1.807, 2.05) is 18.4 Å². The summed E-state index contributed by atoms with van der Waals surface area (Å²) < 4.78 is 16.3. The highest BCUT2D eigenvalue weighted by Crippen LogP contribution is 2.30. The van der Waals surface area contributed by atoms with Crippen LogP contribution in [0.4, 0.5) is 0 Å². The van der Waals surface area contributed by atoms with Gasteiger partial charge < -0.3 is 13.9 Å². The van der Waals surface area contributed by atoms with Gasteiger partial charge in [-0.1, -0.05) is 121 Å². The minimum Gasteiger partial charge on any atom is -0.472 e. The number of rotatable bonds is 27. The van der Waals surface area contributed by atoms with E-state index in [2.05, 4.69) is 39.8 Å². The molecule has 1 aliphatic rings. The van der Waals surface area contributed by atoms with Gasteiger partial charge in [-0.2, -0.15) is 0 Å². The molecule has 1 aromatic heterocycles. The van der Waals surface area contributed by atoms with Gasteiger partial charge in [0.25, 0.3) is 0 Å². The van der Waals surface area contributed by atoms with Crippen LogP contribution >= 0.6 is 0 Å². The first-order valence-corrected chi connectivity index (χ1v) is 19.0. The van der Waals surface area contributed by atoms with Gasteiger partial charge in [-0.25, -0.2) is 4.79 Å². The third-order valence-electron chi connectivity index (χ3n) is 9.23. The van der Waals surface area contributed by atoms with Crippen molar-refractivity contribution in [3.8, 4) is 0 Å². The molecule has 0 fully saturated rings. The number of carbonyl (C=O) groups is 2. The standard InChI is InChI=1S/C42H66O5/c1-6-7-8-9-10-11-12-13-14-15-16-17-18-19-29-40(43)47-41-37(5)42(44)46-39(41)32-36(4)27-21-25-34(2)23-20-24-35(3)26-22-28-38-30-31-45-33-38/h23,26,30-33,36H,6-22,24-25,27-29H2,1-5H3/b34-23+,35-26+,39-32-/t36-/m1/s1. The molecule has 2 heterocycles. The van der Waals surface area contributed by atoms with Crippen LogP contribution in [-0.4, -0.2) is 11.9 Å². The Kier molecular flexibility index (Phi) is 21.7. The molecule has 0 amide bonds. The maximum absolute atomic E-state index is 12.6. The number of carbonyl (C=O) groups excluding carboxylic acids is 2. The predicted octanol–water partition coefficient (Wildman–Crippen LogP) is 12.8. The van der Waals surface area contributed by atoms with Crippen molar-refractivity contribution < 1.29 is 23.5 Å². The van der Waals surface area contributed by atoms with Crippen molar-refractivity contribution in [3.05, 3.63) is 70.6 Å². The molecule has 2 rings (SSSR count). The maximum Gasteiger partial charge on any atom is 0.343 e. The molecule has 1 aromatic rings. The van der Waals surface area contributed by atoms with Crippen molar-refractivity contribution in [1.82, 2.24) is 0 Å². The summed E-state index contributed by atoms with van der Waals surface area (Å²) in [5.41, 5.74) is 4.47. The molecule has 264 valence electrons. The van der Waals surface area contributed by atoms with Crippen LogP contribution in [0.1, 0.15) is 175 Å². The second-order valence-electron chi connectivity index (χ2n) is 13.9. The minimum absolute atomic E-state index is 0.205. The van der Waals surface area contributed by atoms with E-state index in [4.69, 9.17) is 13.9 Å². The molecular weight excluding hydrogens is 584 g/mol. The van der Waals surface area contributed by atoms with Crippen LogP contribution in [0.25, 0.3) is 0 Å². The van der Waals surface area contributed by atoms with Crippen molar-refractivity contribution >= 4 is 11.9 Å². The number of furan rings is 1. The monoisotopic (exact) mass is 650 g/mol. The summed E-state index contributed by atoms with van der Waals surface area (Å²) >= 11 is 0. The van der Waals surface area contributed by atoms with Crippen molar-refractivity contribution in [2.24, 2.45) is 5.92 Å². The van der Waals surface area contributed by atoms with Crippen LogP contribution in [0.15, 0.2) is 69.5 Å². The Morgan fingerprint density at radius 1 is 0.809 bits per heavy atom. The Morgan fingerprint density at radius 2 is 1.40 bits per heavy atom. The number of hydrogen-bond donors (Lipinski definition) is 0. The number of aryl methyl sites for hydroxylation is 1. The Morgan fingerprint density at radius 3 is 2.02 bits per heavy atom. The molecule has 0 bridgehead atoms. The van der Waals surface area contributed by atoms with E-state index in [1.165, 1.54) is 87.3 Å². The Labute approximate surface area is 287 Å². The minimum atomic E-state index is -0.424. The summed E-state index contributed by atoms with van der Waals surface area (Å²) in [5, 5.41) is 0. The van der Waals surface area contributed by atoms with Gasteiger partial charge in [0.1, 0.15) is 0 Å². The summed E-state index contributed by atoms with van der Waals surface area (Å²) in [7, 11) is 0. The van der Waals surface area contributed by atoms with Gasteiger partial charge in [-0.15, -0.1) is 0 Å². The summed E-state index contributed by atoms with van der Waals surface area (Å²) in [6.07, 6.45) is 35.8. The fourth-order valence-corrected chi connectivity index (χ4v) is 6.08. The summed E-state index contributed by atoms with van der Waals surface area (Å²) in [4.78, 5) is 24.9. The topological polar surface area (TPSA) is 65.7 Å². The normalized spacial score (nSPS) is 15.5. The lowest BCUT2D eigenvalue weighted by molar-refractivity contribution is -0.140. The molecule has 0 spiro atoms. The van der Waals surface area contributed by atoms with E-state index in [1.54, 1.807) is 13.2 Å². The van der Waals surface area contributed by atoms with Gasteiger partial charge in [0, 0.05) is 6.42 Å². The van der Waals surface area contributed by atoms with E-state index < -0.39 is 5.97 Å². The molecule has 0 aliphatic carbocycles. The maximum atomic E-state index is 12.6. The van der Waals surface area contributed by atoms with Gasteiger partial charge in [0.2, 0.25) is 0 Å². The van der Waals surface area contributed by atoms with Gasteiger partial charge in [0.15, 0.2) is 11.5 Å². The lowest BCUT2D eigenvalue weighted by Crippen LogP contribution is -2.06. The summed E-state index contributed by atoms with van der Waals surface area (Å²) in [6, 6.07) is 2.03. The summed E-state index contributed by atoms with van der Waals surface area (Å²) in [6.45, 7) is 10.5. The molecule has 0 aromatic carbocycles. The van der Waals surface area contributed by atoms with Gasteiger partial charge in [-0.3, -0.25) is 4.79 Å². The molecule has 5 nitrogen and oxygen atoms in total. The number of cyclic esters (lactones) is 1. The van der Waals surface area contributed by atoms with Crippen LogP contribution in [0.5, 0.6) is 0 Å². The predicted molar refractivity (Wildman–Crippen MR) is 195 cm³/mol. The smallest absolute Gasteiger partial charge is 0.343 e. The van der Waals surface area contributed by atoms with Crippen molar-refractivity contribution in [1.29, 1.82) is 0 Å². The molecule has 0 saturated carbocycles. The van der Waals surface area contributed by atoms with E-state index in [0.717, 1.165) is 64.2 Å². The lowest BCUT2D eigenvalue weighted by Gasteiger charge is -2.11. The zero-order chi connectivity index (χ0) is 34.1. The zero-order valence-corrected chi connectivity index (χ0v) is 30.6. The van der Waals surface area contributed by atoms with Gasteiger partial charge in [-0.05, 0) is 95.8 Å². The summed E-state index contributed by atoms with van der Waals surface area (Å²) in [5.74, 6) is 0.209. The lowest BCUT2D eigenvalue weighted by atomic mass is 9.99. The van der Waals surface area contributed by atoms with Gasteiger partial charge in [0.05, 0.1) is 18.1 Å². The first-order valence-electron chi connectivity index (χ1n) is 19.0. The van der Waals surface area contributed by atoms with Crippen LogP contribution in [0.2, 0.25) is 0 Å². The van der Waals surface area contributed by atoms with Crippen LogP contribution in [0, 0.1) is 5.92 Å². The molecule has 47 heavy (non-hydrogen) atoms. The van der Waals surface area contributed by atoms with Crippen molar-refractivity contribution in [2.75, 3.05) is 0 Å². The van der Waals surface area contributed by atoms with E-state index in [0.29, 0.717) is 23.5 Å². The number of allylic oxidation sites excluding steroid dienone is 5. The first kappa shape index (κ1) is 40.4. The van der Waals surface area contributed by atoms with Crippen LogP contribution < -0.4 is 0 Å². The van der Waals surface area contributed by atoms with Crippen molar-refractivity contribution in [3.63, 3.8) is 0 Å². The number of ether oxygens (including phenoxy) is 2. The largest absolute Gasteiger partial charge is 0.472 e. The SMILES string of the molecule is CCCCCCCCCCCCCCCCC(=O)OC1=C(C)C(=O)O/C1=C\[C@H](C)CCC/C(C)=C/CC/C(C)=C/CCc1ccoc1. The molecule has 1 atom stereocenters. The van der Waals surface area contributed by atoms with E-state index in [-0.39, 0.29) is 11.9 Å². The molecule has 0 saturated heterocycles.